The van der Waals surface area contributed by atoms with E-state index < -0.39 is 30.6 Å². The van der Waals surface area contributed by atoms with E-state index in [1.807, 2.05) is 0 Å². The molecule has 7 nitrogen and oxygen atoms in total. The summed E-state index contributed by atoms with van der Waals surface area (Å²) in [5.74, 6) is -0.324. The number of aliphatic hydroxyl groups is 2. The van der Waals surface area contributed by atoms with Crippen LogP contribution in [0.25, 0.3) is 0 Å². The number of hydrogen-bond donors (Lipinski definition) is 3. The molecule has 0 radical (unpaired) electrons. The Hall–Kier alpha value is -0.730. The van der Waals surface area contributed by atoms with E-state index in [1.54, 1.807) is 6.92 Å². The third-order valence-electron chi connectivity index (χ3n) is 3.97. The Balaban J connectivity index is 2.32. The molecular weight excluding hydrogens is 302 g/mol. The maximum atomic E-state index is 11.7. The molecule has 1 aliphatic heterocycles. The van der Waals surface area contributed by atoms with Crippen molar-refractivity contribution in [2.45, 2.75) is 83.0 Å². The Bertz CT molecular complexity index is 341. The molecule has 136 valence electrons. The molecule has 4 N–H and O–H groups in total. The predicted octanol–water partition coefficient (Wildman–Crippen LogP) is 0.701. The van der Waals surface area contributed by atoms with Gasteiger partial charge in [0, 0.05) is 13.0 Å². The molecule has 5 atom stereocenters. The number of hydrogen-bond acceptors (Lipinski definition) is 7. The van der Waals surface area contributed by atoms with Gasteiger partial charge in [0.25, 0.3) is 0 Å². The van der Waals surface area contributed by atoms with Crippen LogP contribution in [0.2, 0.25) is 0 Å². The molecule has 1 fully saturated rings. The van der Waals surface area contributed by atoms with Crippen molar-refractivity contribution in [3.05, 3.63) is 0 Å². The van der Waals surface area contributed by atoms with Crippen molar-refractivity contribution in [2.24, 2.45) is 5.73 Å². The van der Waals surface area contributed by atoms with Crippen molar-refractivity contribution < 1.29 is 29.2 Å². The van der Waals surface area contributed by atoms with E-state index in [0.717, 1.165) is 25.7 Å². The van der Waals surface area contributed by atoms with E-state index in [9.17, 15) is 15.0 Å². The molecule has 1 saturated heterocycles. The second-order valence-electron chi connectivity index (χ2n) is 5.90. The zero-order chi connectivity index (χ0) is 17.2. The highest BCUT2D eigenvalue weighted by Gasteiger charge is 2.43. The van der Waals surface area contributed by atoms with Crippen LogP contribution in [-0.2, 0) is 19.0 Å². The number of unbranched alkanes of at least 4 members (excludes halogenated alkanes) is 4. The predicted molar refractivity (Wildman–Crippen MR) is 84.6 cm³/mol. The van der Waals surface area contributed by atoms with Gasteiger partial charge in [-0.25, -0.2) is 0 Å². The van der Waals surface area contributed by atoms with E-state index in [4.69, 9.17) is 19.9 Å². The average Bonchev–Trinajstić information content (AvgIpc) is 2.54. The fourth-order valence-electron chi connectivity index (χ4n) is 2.52. The van der Waals surface area contributed by atoms with E-state index in [1.165, 1.54) is 6.42 Å². The molecule has 1 heterocycles. The summed E-state index contributed by atoms with van der Waals surface area (Å²) >= 11 is 0. The molecule has 0 bridgehead atoms. The Morgan fingerprint density at radius 1 is 1.13 bits per heavy atom. The number of aliphatic hydroxyl groups excluding tert-OH is 2. The van der Waals surface area contributed by atoms with Crippen LogP contribution in [0.5, 0.6) is 0 Å². The molecule has 0 aromatic heterocycles. The van der Waals surface area contributed by atoms with Gasteiger partial charge in [-0.2, -0.15) is 0 Å². The first-order chi connectivity index (χ1) is 11.0. The van der Waals surface area contributed by atoms with Crippen molar-refractivity contribution in [1.82, 2.24) is 0 Å². The zero-order valence-electron chi connectivity index (χ0n) is 14.1. The fourth-order valence-corrected chi connectivity index (χ4v) is 2.52. The number of carbonyl (C=O) groups is 1. The monoisotopic (exact) mass is 333 g/mol. The minimum absolute atomic E-state index is 0.123. The summed E-state index contributed by atoms with van der Waals surface area (Å²) in [7, 11) is 0. The lowest BCUT2D eigenvalue weighted by molar-refractivity contribution is -0.265. The number of ether oxygens (including phenoxy) is 3. The lowest BCUT2D eigenvalue weighted by atomic mass is 9.98. The lowest BCUT2D eigenvalue weighted by Gasteiger charge is -2.40. The summed E-state index contributed by atoms with van der Waals surface area (Å²) in [6, 6.07) is -0.838. The van der Waals surface area contributed by atoms with Gasteiger partial charge in [0.05, 0.1) is 6.04 Å². The average molecular weight is 333 g/mol. The number of nitrogens with two attached hydrogens (primary N) is 1. The fraction of sp³-hybridized carbons (Fsp3) is 0.938. The third kappa shape index (κ3) is 6.73. The van der Waals surface area contributed by atoms with Gasteiger partial charge >= 0.3 is 5.97 Å². The molecule has 23 heavy (non-hydrogen) atoms. The molecule has 1 rings (SSSR count). The van der Waals surface area contributed by atoms with Gasteiger partial charge < -0.3 is 30.2 Å². The summed E-state index contributed by atoms with van der Waals surface area (Å²) in [6.07, 6.45) is 1.55. The highest BCUT2D eigenvalue weighted by atomic mass is 16.7. The van der Waals surface area contributed by atoms with Crippen molar-refractivity contribution in [3.63, 3.8) is 0 Å². The molecular formula is C16H31NO6. The summed E-state index contributed by atoms with van der Waals surface area (Å²) in [6.45, 7) is 4.16. The summed E-state index contributed by atoms with van der Waals surface area (Å²) in [5.41, 5.74) is 5.76. The molecule has 0 spiro atoms. The van der Waals surface area contributed by atoms with Crippen LogP contribution < -0.4 is 5.73 Å². The van der Waals surface area contributed by atoms with E-state index in [-0.39, 0.29) is 12.6 Å². The number of rotatable bonds is 10. The first-order valence-corrected chi connectivity index (χ1v) is 8.55. The van der Waals surface area contributed by atoms with Crippen LogP contribution in [0, 0.1) is 0 Å². The maximum absolute atomic E-state index is 11.7. The van der Waals surface area contributed by atoms with E-state index >= 15 is 0 Å². The van der Waals surface area contributed by atoms with Gasteiger partial charge in [-0.15, -0.1) is 0 Å². The van der Waals surface area contributed by atoms with Crippen molar-refractivity contribution in [3.8, 4) is 0 Å². The topological polar surface area (TPSA) is 111 Å². The van der Waals surface area contributed by atoms with Gasteiger partial charge in [0.1, 0.15) is 24.9 Å². The first kappa shape index (κ1) is 20.3. The highest BCUT2D eigenvalue weighted by Crippen LogP contribution is 2.21. The third-order valence-corrected chi connectivity index (χ3v) is 3.97. The number of carbonyl (C=O) groups excluding carboxylic acids is 1. The Labute approximate surface area is 138 Å². The second kappa shape index (κ2) is 10.9. The molecule has 0 unspecified atom stereocenters. The molecule has 7 heteroatoms. The summed E-state index contributed by atoms with van der Waals surface area (Å²) < 4.78 is 15.9. The largest absolute Gasteiger partial charge is 0.463 e. The molecule has 0 amide bonds. The Morgan fingerprint density at radius 3 is 2.48 bits per heavy atom. The van der Waals surface area contributed by atoms with Gasteiger partial charge in [-0.05, 0) is 13.3 Å². The SMILES string of the molecule is CCCCCCCC(=O)OC[C@H]1O[C@@H](OCC)[C@H](N)[C@@H](O)[C@@H]1O. The lowest BCUT2D eigenvalue weighted by Crippen LogP contribution is -2.62. The van der Waals surface area contributed by atoms with Crippen LogP contribution >= 0.6 is 0 Å². The van der Waals surface area contributed by atoms with Gasteiger partial charge in [-0.1, -0.05) is 32.6 Å². The van der Waals surface area contributed by atoms with Crippen LogP contribution in [0.4, 0.5) is 0 Å². The van der Waals surface area contributed by atoms with Crippen LogP contribution in [0.1, 0.15) is 52.4 Å². The molecule has 1 aliphatic rings. The molecule has 0 aromatic rings. The Kier molecular flexibility index (Phi) is 9.66. The Morgan fingerprint density at radius 2 is 1.83 bits per heavy atom. The van der Waals surface area contributed by atoms with Crippen LogP contribution in [0.15, 0.2) is 0 Å². The first-order valence-electron chi connectivity index (χ1n) is 8.55. The second-order valence-corrected chi connectivity index (χ2v) is 5.90. The highest BCUT2D eigenvalue weighted by molar-refractivity contribution is 5.69. The normalized spacial score (nSPS) is 31.1. The minimum atomic E-state index is -1.21. The van der Waals surface area contributed by atoms with Crippen molar-refractivity contribution in [1.29, 1.82) is 0 Å². The zero-order valence-corrected chi connectivity index (χ0v) is 14.1. The maximum Gasteiger partial charge on any atom is 0.305 e. The summed E-state index contributed by atoms with van der Waals surface area (Å²) in [4.78, 5) is 11.7. The van der Waals surface area contributed by atoms with Crippen molar-refractivity contribution in [2.75, 3.05) is 13.2 Å². The summed E-state index contributed by atoms with van der Waals surface area (Å²) in [5, 5.41) is 19.9. The quantitative estimate of drug-likeness (QED) is 0.398. The molecule has 0 aromatic carbocycles. The van der Waals surface area contributed by atoms with Gasteiger partial charge in [0.2, 0.25) is 0 Å². The van der Waals surface area contributed by atoms with E-state index in [0.29, 0.717) is 13.0 Å². The minimum Gasteiger partial charge on any atom is -0.463 e. The van der Waals surface area contributed by atoms with E-state index in [2.05, 4.69) is 6.92 Å². The van der Waals surface area contributed by atoms with Gasteiger partial charge in [0.15, 0.2) is 6.29 Å². The van der Waals surface area contributed by atoms with Gasteiger partial charge in [-0.3, -0.25) is 4.79 Å². The molecule has 0 aliphatic carbocycles. The smallest absolute Gasteiger partial charge is 0.305 e. The molecule has 0 saturated carbocycles. The van der Waals surface area contributed by atoms with Crippen molar-refractivity contribution >= 4 is 5.97 Å². The number of esters is 1. The van der Waals surface area contributed by atoms with Crippen LogP contribution in [0.3, 0.4) is 0 Å². The van der Waals surface area contributed by atoms with Crippen LogP contribution in [-0.4, -0.2) is 60.0 Å². The standard InChI is InChI=1S/C16H31NO6/c1-3-5-6-7-8-9-12(18)22-10-11-14(19)15(20)13(17)16(23-11)21-4-2/h11,13-16,19-20H,3-10,17H2,1-2H3/t11-,13-,14-,15-,16-/m1/s1.